The van der Waals surface area contributed by atoms with E-state index in [1.54, 1.807) is 22.8 Å². The van der Waals surface area contributed by atoms with Gasteiger partial charge < -0.3 is 15.3 Å². The number of aromatic hydroxyl groups is 3. The van der Waals surface area contributed by atoms with E-state index >= 15 is 0 Å². The van der Waals surface area contributed by atoms with Gasteiger partial charge in [0.2, 0.25) is 0 Å². The Morgan fingerprint density at radius 1 is 0.880 bits per heavy atom. The highest BCUT2D eigenvalue weighted by Crippen LogP contribution is 2.35. The van der Waals surface area contributed by atoms with E-state index in [2.05, 4.69) is 10.2 Å². The van der Waals surface area contributed by atoms with Gasteiger partial charge in [-0.15, -0.1) is 0 Å². The number of hydrogen-bond donors (Lipinski definition) is 4. The minimum atomic E-state index is -0.113. The molecule has 0 atom stereocenters. The lowest BCUT2D eigenvalue weighted by atomic mass is 10.1. The predicted octanol–water partition coefficient (Wildman–Crippen LogP) is 3.87. The first-order chi connectivity index (χ1) is 12.1. The van der Waals surface area contributed by atoms with Gasteiger partial charge in [0.1, 0.15) is 17.2 Å². The van der Waals surface area contributed by atoms with Crippen LogP contribution in [0.5, 0.6) is 17.2 Å². The van der Waals surface area contributed by atoms with Crippen molar-refractivity contribution in [1.82, 2.24) is 14.8 Å². The number of phenols is 3. The van der Waals surface area contributed by atoms with Gasteiger partial charge in [0.25, 0.3) is 0 Å². The Hall–Kier alpha value is -3.32. The zero-order valence-electron chi connectivity index (χ0n) is 12.8. The second-order valence-corrected chi connectivity index (χ2v) is 5.93. The van der Waals surface area contributed by atoms with E-state index in [-0.39, 0.29) is 17.2 Å². The van der Waals surface area contributed by atoms with E-state index in [0.717, 1.165) is 11.1 Å². The number of H-pyrrole nitrogens is 1. The number of aromatic amines is 1. The molecular formula is C18H13N3O3S. The molecule has 0 unspecified atom stereocenters. The first kappa shape index (κ1) is 15.2. The third-order valence-electron chi connectivity index (χ3n) is 4.01. The SMILES string of the molecule is Oc1ccc(-c2n[nH]c(=S)n2-c2cccc3c(O)cccc23)c(O)c1. The molecule has 7 heteroatoms. The van der Waals surface area contributed by atoms with Crippen molar-refractivity contribution in [2.45, 2.75) is 0 Å². The topological polar surface area (TPSA) is 94.3 Å². The van der Waals surface area contributed by atoms with Crippen LogP contribution in [0.25, 0.3) is 27.8 Å². The molecule has 0 spiro atoms. The van der Waals surface area contributed by atoms with Crippen LogP contribution in [0.15, 0.2) is 54.6 Å². The third kappa shape index (κ3) is 2.41. The average molecular weight is 351 g/mol. The molecule has 1 heterocycles. The molecule has 25 heavy (non-hydrogen) atoms. The van der Waals surface area contributed by atoms with Crippen LogP contribution >= 0.6 is 12.2 Å². The van der Waals surface area contributed by atoms with Gasteiger partial charge in [0, 0.05) is 16.8 Å². The summed E-state index contributed by atoms with van der Waals surface area (Å²) in [6, 6.07) is 15.0. The molecule has 0 fully saturated rings. The maximum Gasteiger partial charge on any atom is 0.200 e. The molecule has 1 aromatic heterocycles. The predicted molar refractivity (Wildman–Crippen MR) is 96.7 cm³/mol. The number of fused-ring (bicyclic) bond motifs is 1. The Bertz CT molecular complexity index is 1160. The number of phenolic OH excluding ortho intramolecular Hbond substituents is 3. The number of nitrogens with one attached hydrogen (secondary N) is 1. The van der Waals surface area contributed by atoms with Crippen molar-refractivity contribution in [1.29, 1.82) is 0 Å². The van der Waals surface area contributed by atoms with Gasteiger partial charge in [-0.2, -0.15) is 5.10 Å². The lowest BCUT2D eigenvalue weighted by Gasteiger charge is -2.12. The largest absolute Gasteiger partial charge is 0.508 e. The first-order valence-corrected chi connectivity index (χ1v) is 7.88. The van der Waals surface area contributed by atoms with E-state index in [1.807, 2.05) is 24.3 Å². The molecule has 4 rings (SSSR count). The third-order valence-corrected chi connectivity index (χ3v) is 4.29. The van der Waals surface area contributed by atoms with Crippen LogP contribution in [0, 0.1) is 4.77 Å². The summed E-state index contributed by atoms with van der Waals surface area (Å²) in [5.41, 5.74) is 1.14. The van der Waals surface area contributed by atoms with Gasteiger partial charge in [-0.1, -0.05) is 24.3 Å². The van der Waals surface area contributed by atoms with Crippen molar-refractivity contribution in [2.24, 2.45) is 0 Å². The van der Waals surface area contributed by atoms with Crippen LogP contribution in [0.2, 0.25) is 0 Å². The number of nitrogens with zero attached hydrogens (tertiary/aromatic N) is 2. The Balaban J connectivity index is 2.04. The van der Waals surface area contributed by atoms with Crippen molar-refractivity contribution in [2.75, 3.05) is 0 Å². The van der Waals surface area contributed by atoms with Crippen molar-refractivity contribution in [3.8, 4) is 34.3 Å². The Morgan fingerprint density at radius 3 is 2.44 bits per heavy atom. The summed E-state index contributed by atoms with van der Waals surface area (Å²) < 4.78 is 2.03. The highest BCUT2D eigenvalue weighted by atomic mass is 32.1. The molecule has 0 radical (unpaired) electrons. The monoisotopic (exact) mass is 351 g/mol. The molecule has 124 valence electrons. The van der Waals surface area contributed by atoms with Gasteiger partial charge in [-0.3, -0.25) is 9.67 Å². The summed E-state index contributed by atoms with van der Waals surface area (Å²) in [5, 5.41) is 38.2. The summed E-state index contributed by atoms with van der Waals surface area (Å²) in [5.74, 6) is 0.414. The molecule has 4 aromatic rings. The second kappa shape index (κ2) is 5.64. The Morgan fingerprint density at radius 2 is 1.64 bits per heavy atom. The zero-order chi connectivity index (χ0) is 17.6. The van der Waals surface area contributed by atoms with Crippen LogP contribution in [-0.4, -0.2) is 30.1 Å². The van der Waals surface area contributed by atoms with Crippen LogP contribution in [0.3, 0.4) is 0 Å². The van der Waals surface area contributed by atoms with Crippen molar-refractivity contribution < 1.29 is 15.3 Å². The van der Waals surface area contributed by atoms with E-state index in [4.69, 9.17) is 12.2 Å². The van der Waals surface area contributed by atoms with Crippen LogP contribution < -0.4 is 0 Å². The summed E-state index contributed by atoms with van der Waals surface area (Å²) >= 11 is 5.37. The molecule has 0 amide bonds. The molecule has 4 N–H and O–H groups in total. The summed E-state index contributed by atoms with van der Waals surface area (Å²) in [7, 11) is 0. The molecule has 0 aliphatic carbocycles. The minimum absolute atomic E-state index is 0.0444. The average Bonchev–Trinajstić information content (AvgIpc) is 2.96. The fourth-order valence-electron chi connectivity index (χ4n) is 2.88. The fourth-order valence-corrected chi connectivity index (χ4v) is 3.11. The van der Waals surface area contributed by atoms with Crippen molar-refractivity contribution >= 4 is 23.0 Å². The highest BCUT2D eigenvalue weighted by molar-refractivity contribution is 7.71. The number of aromatic nitrogens is 3. The normalized spacial score (nSPS) is 11.0. The number of benzene rings is 3. The van der Waals surface area contributed by atoms with Gasteiger partial charge in [0.15, 0.2) is 10.6 Å². The van der Waals surface area contributed by atoms with E-state index < -0.39 is 0 Å². The van der Waals surface area contributed by atoms with Crippen LogP contribution in [0.1, 0.15) is 0 Å². The van der Waals surface area contributed by atoms with Gasteiger partial charge >= 0.3 is 0 Å². The fraction of sp³-hybridized carbons (Fsp3) is 0. The molecule has 0 saturated heterocycles. The van der Waals surface area contributed by atoms with Gasteiger partial charge in [0.05, 0.1) is 11.3 Å². The summed E-state index contributed by atoms with van der Waals surface area (Å²) in [6.45, 7) is 0. The lowest BCUT2D eigenvalue weighted by Crippen LogP contribution is -1.99. The zero-order valence-corrected chi connectivity index (χ0v) is 13.7. The molecular weight excluding hydrogens is 338 g/mol. The van der Waals surface area contributed by atoms with Crippen molar-refractivity contribution in [3.63, 3.8) is 0 Å². The molecule has 0 saturated carbocycles. The Labute approximate surface area is 147 Å². The van der Waals surface area contributed by atoms with Crippen molar-refractivity contribution in [3.05, 3.63) is 59.4 Å². The van der Waals surface area contributed by atoms with Gasteiger partial charge in [-0.25, -0.2) is 0 Å². The molecule has 0 aliphatic heterocycles. The smallest absolute Gasteiger partial charge is 0.200 e. The van der Waals surface area contributed by atoms with E-state index in [1.165, 1.54) is 12.1 Å². The quantitative estimate of drug-likeness (QED) is 0.411. The minimum Gasteiger partial charge on any atom is -0.508 e. The first-order valence-electron chi connectivity index (χ1n) is 7.47. The maximum absolute atomic E-state index is 10.2. The number of hydrogen-bond acceptors (Lipinski definition) is 5. The molecule has 0 aliphatic rings. The number of rotatable bonds is 2. The lowest BCUT2D eigenvalue weighted by molar-refractivity contribution is 0.451. The summed E-state index contributed by atoms with van der Waals surface area (Å²) in [4.78, 5) is 0. The Kier molecular flexibility index (Phi) is 3.43. The maximum atomic E-state index is 10.2. The van der Waals surface area contributed by atoms with Gasteiger partial charge in [-0.05, 0) is 36.5 Å². The molecule has 3 aromatic carbocycles. The van der Waals surface area contributed by atoms with E-state index in [0.29, 0.717) is 21.5 Å². The molecule has 0 bridgehead atoms. The standard InChI is InChI=1S/C18H13N3O3S/c22-10-7-8-13(16(24)9-10)17-19-20-18(25)21(17)14-5-1-4-12-11(14)3-2-6-15(12)23/h1-9,22-24H,(H,20,25). The van der Waals surface area contributed by atoms with Crippen LogP contribution in [-0.2, 0) is 0 Å². The van der Waals surface area contributed by atoms with Crippen LogP contribution in [0.4, 0.5) is 0 Å². The summed E-state index contributed by atoms with van der Waals surface area (Å²) in [6.07, 6.45) is 0. The molecule has 6 nitrogen and oxygen atoms in total. The van der Waals surface area contributed by atoms with E-state index in [9.17, 15) is 15.3 Å². The highest BCUT2D eigenvalue weighted by Gasteiger charge is 2.16. The second-order valence-electron chi connectivity index (χ2n) is 5.54.